The van der Waals surface area contributed by atoms with E-state index in [1.165, 1.54) is 11.1 Å². The Kier molecular flexibility index (Phi) is 4.64. The summed E-state index contributed by atoms with van der Waals surface area (Å²) < 4.78 is 0. The zero-order valence-electron chi connectivity index (χ0n) is 7.93. The maximum atomic E-state index is 8.84. The molecule has 3 heteroatoms. The first-order chi connectivity index (χ1) is 6.71. The zero-order chi connectivity index (χ0) is 10.6. The highest BCUT2D eigenvalue weighted by Crippen LogP contribution is 2.21. The Morgan fingerprint density at radius 1 is 1.21 bits per heavy atom. The van der Waals surface area contributed by atoms with Gasteiger partial charge in [-0.15, -0.1) is 0 Å². The molecule has 1 rings (SSSR count). The molecule has 0 saturated heterocycles. The fourth-order valence-electron chi connectivity index (χ4n) is 1.27. The van der Waals surface area contributed by atoms with Gasteiger partial charge in [0, 0.05) is 10.7 Å². The van der Waals surface area contributed by atoms with Crippen LogP contribution in [0, 0.1) is 11.3 Å². The molecule has 0 fully saturated rings. The van der Waals surface area contributed by atoms with Gasteiger partial charge in [0.15, 0.2) is 0 Å². The van der Waals surface area contributed by atoms with Crippen LogP contribution in [0.5, 0.6) is 0 Å². The van der Waals surface area contributed by atoms with Gasteiger partial charge in [0.25, 0.3) is 0 Å². The van der Waals surface area contributed by atoms with E-state index in [4.69, 9.17) is 5.26 Å². The lowest BCUT2D eigenvalue weighted by atomic mass is 9.98. The van der Waals surface area contributed by atoms with Gasteiger partial charge in [-0.25, -0.2) is 0 Å². The lowest BCUT2D eigenvalue weighted by molar-refractivity contribution is 0.974. The van der Waals surface area contributed by atoms with Crippen LogP contribution in [-0.2, 0) is 10.7 Å². The van der Waals surface area contributed by atoms with Crippen molar-refractivity contribution in [2.75, 3.05) is 0 Å². The minimum Gasteiger partial charge on any atom is -0.198 e. The van der Waals surface area contributed by atoms with E-state index >= 15 is 0 Å². The van der Waals surface area contributed by atoms with Gasteiger partial charge >= 0.3 is 0 Å². The summed E-state index contributed by atoms with van der Waals surface area (Å²) in [4.78, 5) is 0. The Morgan fingerprint density at radius 3 is 2.07 bits per heavy atom. The van der Waals surface area contributed by atoms with E-state index in [-0.39, 0.29) is 5.92 Å². The van der Waals surface area contributed by atoms with Gasteiger partial charge in [-0.1, -0.05) is 50.1 Å². The molecule has 1 aromatic carbocycles. The van der Waals surface area contributed by atoms with Crippen LogP contribution >= 0.6 is 31.9 Å². The fourth-order valence-corrected chi connectivity index (χ4v) is 1.92. The number of hydrogen-bond donors (Lipinski definition) is 0. The van der Waals surface area contributed by atoms with Crippen LogP contribution in [-0.4, -0.2) is 0 Å². The molecule has 14 heavy (non-hydrogen) atoms. The van der Waals surface area contributed by atoms with Crippen LogP contribution in [0.15, 0.2) is 18.2 Å². The lowest BCUT2D eigenvalue weighted by Gasteiger charge is -2.07. The molecule has 0 radical (unpaired) electrons. The molecule has 0 N–H and O–H groups in total. The van der Waals surface area contributed by atoms with Crippen LogP contribution < -0.4 is 0 Å². The lowest BCUT2D eigenvalue weighted by Crippen LogP contribution is -1.93. The predicted molar refractivity (Wildman–Crippen MR) is 65.7 cm³/mol. The molecule has 74 valence electrons. The molecule has 1 unspecified atom stereocenters. The van der Waals surface area contributed by atoms with Crippen LogP contribution in [0.1, 0.15) is 29.5 Å². The van der Waals surface area contributed by atoms with E-state index < -0.39 is 0 Å². The zero-order valence-corrected chi connectivity index (χ0v) is 11.1. The smallest absolute Gasteiger partial charge is 0.0700 e. The van der Waals surface area contributed by atoms with E-state index in [9.17, 15) is 0 Å². The van der Waals surface area contributed by atoms with Crippen LogP contribution in [0.4, 0.5) is 0 Å². The highest BCUT2D eigenvalue weighted by Gasteiger charge is 2.06. The quantitative estimate of drug-likeness (QED) is 0.770. The molecule has 0 amide bonds. The molecule has 0 aliphatic carbocycles. The van der Waals surface area contributed by atoms with Gasteiger partial charge in [-0.2, -0.15) is 5.26 Å². The second-order valence-corrected chi connectivity index (χ2v) is 4.32. The van der Waals surface area contributed by atoms with Crippen molar-refractivity contribution in [3.05, 3.63) is 34.9 Å². The highest BCUT2D eigenvalue weighted by atomic mass is 79.9. The molecule has 1 aromatic rings. The molecule has 0 aliphatic rings. The van der Waals surface area contributed by atoms with Gasteiger partial charge in [-0.05, 0) is 23.6 Å². The topological polar surface area (TPSA) is 23.8 Å². The maximum absolute atomic E-state index is 8.84. The molecule has 1 nitrogen and oxygen atoms in total. The maximum Gasteiger partial charge on any atom is 0.0700 e. The molecule has 0 bridgehead atoms. The summed E-state index contributed by atoms with van der Waals surface area (Å²) >= 11 is 6.86. The standard InChI is InChI=1S/C11H11Br2N/c1-8(7-14)11-3-9(5-12)2-10(4-11)6-13/h2-4,8H,5-6H2,1H3. The van der Waals surface area contributed by atoms with Crippen LogP contribution in [0.3, 0.4) is 0 Å². The van der Waals surface area contributed by atoms with E-state index in [2.05, 4.69) is 56.1 Å². The molecular weight excluding hydrogens is 306 g/mol. The van der Waals surface area contributed by atoms with Crippen molar-refractivity contribution in [1.82, 2.24) is 0 Å². The van der Waals surface area contributed by atoms with Gasteiger partial charge in [0.1, 0.15) is 0 Å². The minimum atomic E-state index is -0.0354. The third kappa shape index (κ3) is 2.83. The number of halogens is 2. The average molecular weight is 317 g/mol. The number of nitriles is 1. The first-order valence-electron chi connectivity index (χ1n) is 4.35. The summed E-state index contributed by atoms with van der Waals surface area (Å²) in [7, 11) is 0. The van der Waals surface area contributed by atoms with E-state index in [0.717, 1.165) is 16.2 Å². The molecule has 0 aromatic heterocycles. The number of hydrogen-bond acceptors (Lipinski definition) is 1. The average Bonchev–Trinajstić information content (AvgIpc) is 2.27. The van der Waals surface area contributed by atoms with Gasteiger partial charge < -0.3 is 0 Å². The normalized spacial score (nSPS) is 12.1. The number of rotatable bonds is 3. The molecular formula is C11H11Br2N. The Morgan fingerprint density at radius 2 is 1.71 bits per heavy atom. The summed E-state index contributed by atoms with van der Waals surface area (Å²) in [6.45, 7) is 1.92. The number of alkyl halides is 2. The van der Waals surface area contributed by atoms with Crippen LogP contribution in [0.2, 0.25) is 0 Å². The first kappa shape index (κ1) is 11.7. The van der Waals surface area contributed by atoms with Gasteiger partial charge in [0.05, 0.1) is 12.0 Å². The predicted octanol–water partition coefficient (Wildman–Crippen LogP) is 4.10. The Hall–Kier alpha value is -0.330. The van der Waals surface area contributed by atoms with E-state index in [1.807, 2.05) is 6.92 Å². The van der Waals surface area contributed by atoms with Crippen molar-refractivity contribution < 1.29 is 0 Å². The number of benzene rings is 1. The largest absolute Gasteiger partial charge is 0.198 e. The summed E-state index contributed by atoms with van der Waals surface area (Å²) in [5.74, 6) is -0.0354. The van der Waals surface area contributed by atoms with Crippen molar-refractivity contribution >= 4 is 31.9 Å². The summed E-state index contributed by atoms with van der Waals surface area (Å²) in [5.41, 5.74) is 3.54. The van der Waals surface area contributed by atoms with Gasteiger partial charge in [-0.3, -0.25) is 0 Å². The Labute approximate surface area is 101 Å². The van der Waals surface area contributed by atoms with Gasteiger partial charge in [0.2, 0.25) is 0 Å². The molecule has 0 saturated carbocycles. The van der Waals surface area contributed by atoms with E-state index in [0.29, 0.717) is 0 Å². The monoisotopic (exact) mass is 315 g/mol. The summed E-state index contributed by atoms with van der Waals surface area (Å²) in [6.07, 6.45) is 0. The third-order valence-electron chi connectivity index (χ3n) is 2.08. The highest BCUT2D eigenvalue weighted by molar-refractivity contribution is 9.08. The minimum absolute atomic E-state index is 0.0354. The van der Waals surface area contributed by atoms with Crippen LogP contribution in [0.25, 0.3) is 0 Å². The summed E-state index contributed by atoms with van der Waals surface area (Å²) in [6, 6.07) is 8.55. The first-order valence-corrected chi connectivity index (χ1v) is 6.59. The van der Waals surface area contributed by atoms with Crippen molar-refractivity contribution in [2.24, 2.45) is 0 Å². The number of nitrogens with zero attached hydrogens (tertiary/aromatic N) is 1. The van der Waals surface area contributed by atoms with Crippen molar-refractivity contribution in [3.8, 4) is 6.07 Å². The molecule has 0 spiro atoms. The van der Waals surface area contributed by atoms with Crippen molar-refractivity contribution in [3.63, 3.8) is 0 Å². The Balaban J connectivity index is 3.12. The Bertz CT molecular complexity index is 333. The third-order valence-corrected chi connectivity index (χ3v) is 3.37. The van der Waals surface area contributed by atoms with Crippen molar-refractivity contribution in [2.45, 2.75) is 23.5 Å². The second kappa shape index (κ2) is 5.53. The molecule has 0 heterocycles. The second-order valence-electron chi connectivity index (χ2n) is 3.20. The SMILES string of the molecule is CC(C#N)c1cc(CBr)cc(CBr)c1. The molecule has 1 atom stereocenters. The molecule has 0 aliphatic heterocycles. The summed E-state index contributed by atoms with van der Waals surface area (Å²) in [5, 5.41) is 10.5. The van der Waals surface area contributed by atoms with E-state index in [1.54, 1.807) is 0 Å². The fraction of sp³-hybridized carbons (Fsp3) is 0.364. The van der Waals surface area contributed by atoms with Crippen molar-refractivity contribution in [1.29, 1.82) is 5.26 Å².